The molecule has 0 bridgehead atoms. The van der Waals surface area contributed by atoms with Crippen LogP contribution in [-0.2, 0) is 16.1 Å². The van der Waals surface area contributed by atoms with Gasteiger partial charge in [-0.05, 0) is 42.0 Å². The number of carboxylic acid groups (broad SMARTS) is 1. The van der Waals surface area contributed by atoms with Gasteiger partial charge in [-0.2, -0.15) is 5.10 Å². The monoisotopic (exact) mass is 434 g/mol. The minimum Gasteiger partial charge on any atom is -0.481 e. The lowest BCUT2D eigenvalue weighted by molar-refractivity contribution is -0.134. The third kappa shape index (κ3) is 5.23. The first-order valence-electron chi connectivity index (χ1n) is 8.61. The Hall–Kier alpha value is -2.67. The number of benzene rings is 2. The summed E-state index contributed by atoms with van der Waals surface area (Å²) in [6, 6.07) is 11.6. The van der Waals surface area contributed by atoms with E-state index in [1.807, 2.05) is 12.1 Å². The van der Waals surface area contributed by atoms with E-state index in [1.165, 1.54) is 12.1 Å². The second-order valence-corrected chi connectivity index (χ2v) is 7.10. The first kappa shape index (κ1) is 21.0. The van der Waals surface area contributed by atoms with Crippen LogP contribution in [0.5, 0.6) is 0 Å². The second kappa shape index (κ2) is 9.22. The summed E-state index contributed by atoms with van der Waals surface area (Å²) in [5.74, 6) is -1.10. The lowest BCUT2D eigenvalue weighted by atomic mass is 10.0. The zero-order valence-electron chi connectivity index (χ0n) is 15.4. The highest BCUT2D eigenvalue weighted by atomic mass is 35.5. The average Bonchev–Trinajstić information content (AvgIpc) is 3.08. The molecule has 1 aliphatic rings. The van der Waals surface area contributed by atoms with Crippen LogP contribution in [0, 0.1) is 5.82 Å². The quantitative estimate of drug-likeness (QED) is 0.579. The fraction of sp³-hybridized carbons (Fsp3) is 0.143. The SMILES string of the molecule is CC(=O)O.Fc1ccc(/C=C2\COCc3cnn(-c4ccc(Cl)cc4Cl)c32)cc1. The van der Waals surface area contributed by atoms with E-state index in [0.717, 1.165) is 35.0 Å². The number of aliphatic carboxylic acids is 1. The molecule has 2 heterocycles. The van der Waals surface area contributed by atoms with Gasteiger partial charge in [0.25, 0.3) is 5.97 Å². The largest absolute Gasteiger partial charge is 0.481 e. The van der Waals surface area contributed by atoms with Crippen molar-refractivity contribution in [3.8, 4) is 5.69 Å². The van der Waals surface area contributed by atoms with Gasteiger partial charge in [-0.3, -0.25) is 4.79 Å². The molecule has 0 saturated heterocycles. The van der Waals surface area contributed by atoms with Gasteiger partial charge in [0.15, 0.2) is 0 Å². The molecule has 3 aromatic rings. The Morgan fingerprint density at radius 1 is 1.21 bits per heavy atom. The molecule has 0 amide bonds. The summed E-state index contributed by atoms with van der Waals surface area (Å²) < 4.78 is 20.6. The molecule has 8 heteroatoms. The number of hydrogen-bond acceptors (Lipinski definition) is 3. The van der Waals surface area contributed by atoms with Gasteiger partial charge in [-0.25, -0.2) is 9.07 Å². The standard InChI is InChI=1S/C19H13Cl2FN2O.C2H4O2/c20-15-3-6-18(17(21)8-15)24-19-13(10-25-11-14(19)9-23-24)7-12-1-4-16(22)5-2-12;1-2(3)4/h1-9H,10-11H2;1H3,(H,3,4)/b13-7+;. The minimum absolute atomic E-state index is 0.263. The van der Waals surface area contributed by atoms with Crippen LogP contribution in [0.1, 0.15) is 23.7 Å². The number of nitrogens with zero attached hydrogens (tertiary/aromatic N) is 2. The van der Waals surface area contributed by atoms with Crippen molar-refractivity contribution in [3.63, 3.8) is 0 Å². The van der Waals surface area contributed by atoms with Gasteiger partial charge in [-0.1, -0.05) is 35.3 Å². The lowest BCUT2D eigenvalue weighted by Crippen LogP contribution is -2.12. The summed E-state index contributed by atoms with van der Waals surface area (Å²) in [5.41, 5.74) is 4.52. The average molecular weight is 435 g/mol. The van der Waals surface area contributed by atoms with Crippen LogP contribution < -0.4 is 0 Å². The first-order valence-corrected chi connectivity index (χ1v) is 9.37. The van der Waals surface area contributed by atoms with Crippen LogP contribution in [0.25, 0.3) is 17.3 Å². The number of ether oxygens (including phenoxy) is 1. The predicted molar refractivity (Wildman–Crippen MR) is 111 cm³/mol. The minimum atomic E-state index is -0.833. The van der Waals surface area contributed by atoms with Gasteiger partial charge in [0, 0.05) is 23.1 Å². The third-order valence-electron chi connectivity index (χ3n) is 4.01. The summed E-state index contributed by atoms with van der Waals surface area (Å²) in [4.78, 5) is 9.00. The number of carboxylic acids is 1. The van der Waals surface area contributed by atoms with Gasteiger partial charge < -0.3 is 9.84 Å². The molecule has 5 nitrogen and oxygen atoms in total. The second-order valence-electron chi connectivity index (χ2n) is 6.26. The predicted octanol–water partition coefficient (Wildman–Crippen LogP) is 5.48. The van der Waals surface area contributed by atoms with Crippen LogP contribution in [0.15, 0.2) is 48.7 Å². The van der Waals surface area contributed by atoms with E-state index >= 15 is 0 Å². The molecule has 0 saturated carbocycles. The van der Waals surface area contributed by atoms with E-state index in [9.17, 15) is 4.39 Å². The van der Waals surface area contributed by atoms with Crippen LogP contribution >= 0.6 is 23.2 Å². The molecule has 1 aliphatic heterocycles. The maximum atomic E-state index is 13.1. The zero-order chi connectivity index (χ0) is 21.0. The molecule has 1 aromatic heterocycles. The topological polar surface area (TPSA) is 64.3 Å². The Morgan fingerprint density at radius 2 is 1.90 bits per heavy atom. The molecule has 4 rings (SSSR count). The van der Waals surface area contributed by atoms with Gasteiger partial charge >= 0.3 is 0 Å². The van der Waals surface area contributed by atoms with E-state index in [0.29, 0.717) is 23.3 Å². The van der Waals surface area contributed by atoms with Gasteiger partial charge in [-0.15, -0.1) is 0 Å². The lowest BCUT2D eigenvalue weighted by Gasteiger charge is -2.19. The highest BCUT2D eigenvalue weighted by molar-refractivity contribution is 6.35. The summed E-state index contributed by atoms with van der Waals surface area (Å²) >= 11 is 12.3. The third-order valence-corrected chi connectivity index (χ3v) is 4.55. The maximum absolute atomic E-state index is 13.1. The zero-order valence-corrected chi connectivity index (χ0v) is 16.9. The van der Waals surface area contributed by atoms with Crippen molar-refractivity contribution in [2.24, 2.45) is 0 Å². The fourth-order valence-electron chi connectivity index (χ4n) is 2.88. The normalized spacial score (nSPS) is 14.1. The molecule has 0 unspecified atom stereocenters. The summed E-state index contributed by atoms with van der Waals surface area (Å²) in [5, 5.41) is 13.0. The van der Waals surface area contributed by atoms with E-state index in [-0.39, 0.29) is 5.82 Å². The van der Waals surface area contributed by atoms with Crippen LogP contribution in [-0.4, -0.2) is 27.5 Å². The highest BCUT2D eigenvalue weighted by Gasteiger charge is 2.22. The molecule has 0 spiro atoms. The molecular weight excluding hydrogens is 418 g/mol. The molecule has 2 aromatic carbocycles. The fourth-order valence-corrected chi connectivity index (χ4v) is 3.36. The number of hydrogen-bond donors (Lipinski definition) is 1. The number of fused-ring (bicyclic) bond motifs is 1. The van der Waals surface area contributed by atoms with Crippen molar-refractivity contribution >= 4 is 40.8 Å². The molecule has 0 fully saturated rings. The number of rotatable bonds is 2. The number of halogens is 3. The van der Waals surface area contributed by atoms with E-state index in [4.69, 9.17) is 37.8 Å². The number of aromatic nitrogens is 2. The highest BCUT2D eigenvalue weighted by Crippen LogP contribution is 2.32. The van der Waals surface area contributed by atoms with Crippen molar-refractivity contribution in [1.82, 2.24) is 9.78 Å². The Kier molecular flexibility index (Phi) is 6.69. The molecule has 1 N–H and O–H groups in total. The van der Waals surface area contributed by atoms with Gasteiger partial charge in [0.1, 0.15) is 5.82 Å². The maximum Gasteiger partial charge on any atom is 0.300 e. The van der Waals surface area contributed by atoms with Crippen molar-refractivity contribution in [2.45, 2.75) is 13.5 Å². The van der Waals surface area contributed by atoms with E-state index in [2.05, 4.69) is 5.10 Å². The molecule has 29 heavy (non-hydrogen) atoms. The Balaban J connectivity index is 0.000000552. The number of carbonyl (C=O) groups is 1. The van der Waals surface area contributed by atoms with E-state index < -0.39 is 5.97 Å². The summed E-state index contributed by atoms with van der Waals surface area (Å²) in [6.45, 7) is 2.02. The molecular formula is C21H17Cl2FN2O3. The van der Waals surface area contributed by atoms with Gasteiger partial charge in [0.05, 0.1) is 35.8 Å². The van der Waals surface area contributed by atoms with Crippen LogP contribution in [0.2, 0.25) is 10.0 Å². The molecule has 0 radical (unpaired) electrons. The molecule has 150 valence electrons. The van der Waals surface area contributed by atoms with Crippen molar-refractivity contribution in [2.75, 3.05) is 6.61 Å². The Bertz CT molecular complexity index is 1060. The van der Waals surface area contributed by atoms with Crippen LogP contribution in [0.4, 0.5) is 4.39 Å². The Labute approximate surface area is 176 Å². The van der Waals surface area contributed by atoms with Crippen molar-refractivity contribution in [1.29, 1.82) is 0 Å². The summed E-state index contributed by atoms with van der Waals surface area (Å²) in [6.07, 6.45) is 3.75. The first-order chi connectivity index (χ1) is 13.8. The van der Waals surface area contributed by atoms with E-state index in [1.54, 1.807) is 35.1 Å². The smallest absolute Gasteiger partial charge is 0.300 e. The Morgan fingerprint density at radius 3 is 2.55 bits per heavy atom. The summed E-state index contributed by atoms with van der Waals surface area (Å²) in [7, 11) is 0. The molecule has 0 aliphatic carbocycles. The van der Waals surface area contributed by atoms with Crippen LogP contribution in [0.3, 0.4) is 0 Å². The van der Waals surface area contributed by atoms with Crippen molar-refractivity contribution in [3.05, 3.63) is 81.3 Å². The van der Waals surface area contributed by atoms with Crippen molar-refractivity contribution < 1.29 is 19.0 Å². The van der Waals surface area contributed by atoms with Gasteiger partial charge in [0.2, 0.25) is 0 Å². The molecule has 0 atom stereocenters.